The van der Waals surface area contributed by atoms with Gasteiger partial charge < -0.3 is 58.4 Å². The number of carboxylic acids is 1. The molecule has 24 heteroatoms. The molecule has 0 radical (unpaired) electrons. The van der Waals surface area contributed by atoms with Crippen molar-refractivity contribution in [3.05, 3.63) is 36.0 Å². The van der Waals surface area contributed by atoms with Crippen LogP contribution in [0.4, 0.5) is 4.79 Å². The van der Waals surface area contributed by atoms with Crippen molar-refractivity contribution in [1.82, 2.24) is 53.0 Å². The fourth-order valence-corrected chi connectivity index (χ4v) is 9.62. The van der Waals surface area contributed by atoms with E-state index < -0.39 is 97.3 Å². The van der Waals surface area contributed by atoms with Crippen LogP contribution in [-0.2, 0) is 49.6 Å². The molecule has 10 amide bonds. The van der Waals surface area contributed by atoms with Crippen LogP contribution in [0.1, 0.15) is 90.0 Å². The van der Waals surface area contributed by atoms with E-state index in [0.717, 1.165) is 29.5 Å². The summed E-state index contributed by atoms with van der Waals surface area (Å²) in [4.78, 5) is 129. The maximum Gasteiger partial charge on any atom is 0.315 e. The Morgan fingerprint density at radius 3 is 2.24 bits per heavy atom. The first kappa shape index (κ1) is 54.2. The highest BCUT2D eigenvalue weighted by Crippen LogP contribution is 2.33. The van der Waals surface area contributed by atoms with E-state index in [-0.39, 0.29) is 55.6 Å². The predicted molar refractivity (Wildman–Crippen MR) is 248 cm³/mol. The van der Waals surface area contributed by atoms with Crippen molar-refractivity contribution in [2.75, 3.05) is 25.4 Å². The zero-order valence-electron chi connectivity index (χ0n) is 38.3. The van der Waals surface area contributed by atoms with Crippen LogP contribution in [0.3, 0.4) is 0 Å². The molecule has 23 nitrogen and oxygen atoms in total. The lowest BCUT2D eigenvalue weighted by Crippen LogP contribution is -2.56. The average Bonchev–Trinajstić information content (AvgIpc) is 4.00. The summed E-state index contributed by atoms with van der Waals surface area (Å²) >= 11 is 1.83. The first-order valence-electron chi connectivity index (χ1n) is 22.8. The molecule has 0 aliphatic carbocycles. The normalized spacial score (nSPS) is 17.9. The van der Waals surface area contributed by atoms with Gasteiger partial charge in [0.25, 0.3) is 0 Å². The van der Waals surface area contributed by atoms with Gasteiger partial charge in [0.05, 0.1) is 25.2 Å². The lowest BCUT2D eigenvalue weighted by molar-refractivity contribution is -0.139. The first-order valence-corrected chi connectivity index (χ1v) is 23.9. The van der Waals surface area contributed by atoms with Crippen LogP contribution < -0.4 is 53.7 Å². The van der Waals surface area contributed by atoms with Crippen LogP contribution in [0.5, 0.6) is 0 Å². The Kier molecular flexibility index (Phi) is 21.8. The summed E-state index contributed by atoms with van der Waals surface area (Å²) in [5, 5.41) is 40.6. The number of hydroxylamine groups is 1. The number of rotatable bonds is 30. The number of para-hydroxylation sites is 1. The van der Waals surface area contributed by atoms with E-state index in [9.17, 15) is 53.1 Å². The number of carboxylic acid groups (broad SMARTS) is 1. The van der Waals surface area contributed by atoms with Crippen molar-refractivity contribution in [3.8, 4) is 0 Å². The van der Waals surface area contributed by atoms with Gasteiger partial charge in [-0.05, 0) is 62.5 Å². The summed E-state index contributed by atoms with van der Waals surface area (Å²) in [6.07, 6.45) is 4.36. The van der Waals surface area contributed by atoms with Crippen LogP contribution >= 0.6 is 11.8 Å². The number of urea groups is 1. The molecule has 2 aliphatic heterocycles. The number of benzene rings is 1. The summed E-state index contributed by atoms with van der Waals surface area (Å²) in [6, 6.07) is 3.43. The molecule has 14 N–H and O–H groups in total. The van der Waals surface area contributed by atoms with E-state index in [4.69, 9.17) is 10.9 Å². The molecule has 2 fully saturated rings. The minimum atomic E-state index is -1.46. The van der Waals surface area contributed by atoms with E-state index in [1.165, 1.54) is 5.48 Å². The van der Waals surface area contributed by atoms with Gasteiger partial charge in [-0.1, -0.05) is 38.5 Å². The Morgan fingerprint density at radius 2 is 1.51 bits per heavy atom. The molecule has 0 bridgehead atoms. The van der Waals surface area contributed by atoms with E-state index >= 15 is 0 Å². The fraction of sp³-hybridized carbons (Fsp3) is 0.591. The van der Waals surface area contributed by atoms with Gasteiger partial charge in [0.2, 0.25) is 47.3 Å². The zero-order valence-corrected chi connectivity index (χ0v) is 39.1. The van der Waals surface area contributed by atoms with Crippen molar-refractivity contribution in [2.45, 2.75) is 126 Å². The average molecular weight is 972 g/mol. The summed E-state index contributed by atoms with van der Waals surface area (Å²) in [7, 11) is 0. The summed E-state index contributed by atoms with van der Waals surface area (Å²) in [5.41, 5.74) is 8.33. The van der Waals surface area contributed by atoms with Gasteiger partial charge >= 0.3 is 12.0 Å². The second-order valence-corrected chi connectivity index (χ2v) is 18.7. The van der Waals surface area contributed by atoms with E-state index in [2.05, 4.69) is 47.5 Å². The molecule has 3 heterocycles. The van der Waals surface area contributed by atoms with Crippen molar-refractivity contribution >= 4 is 81.9 Å². The monoisotopic (exact) mass is 971 g/mol. The number of nitrogens with one attached hydrogen (secondary N) is 10. The van der Waals surface area contributed by atoms with Crippen LogP contribution in [0.25, 0.3) is 10.9 Å². The minimum absolute atomic E-state index is 0.0739. The first-order chi connectivity index (χ1) is 32.4. The number of nitrogens with two attached hydrogens (primary N) is 1. The quantitative estimate of drug-likeness (QED) is 0.0200. The fourth-order valence-electron chi connectivity index (χ4n) is 8.08. The number of carbonyl (C=O) groups excluding carboxylic acids is 9. The standard InChI is InChI=1S/C44H65N11O12S/c1-24(2)17-25(19-35(57)55-67)41(63)51-30(14-15-38(60)61)43(65)52-31(18-26-20-47-28-10-4-3-9-27(26)28)42(64)49-21-36(58)48-22-37(59)50-29(40(45)62)11-7-8-16-46-34(56)13-6-5-12-33-39-32(23-68-33)53-44(66)54-39/h3-4,9-10,20,24-25,29-33,39,47,67H,5-8,11-19,21-23H2,1-2H3,(H2,45,62)(H,46,56)(H,48,58)(H,49,64)(H,50,59)(H,51,63)(H,52,65)(H,55,57)(H,60,61)(H2,53,54,66)/t25?,29-,30-,31-,32-,33-,39-/m0/s1. The molecule has 2 aromatic rings. The molecule has 7 atom stereocenters. The second kappa shape index (κ2) is 27.4. The van der Waals surface area contributed by atoms with Crippen molar-refractivity contribution in [2.24, 2.45) is 17.6 Å². The molecule has 374 valence electrons. The molecule has 2 aliphatic rings. The van der Waals surface area contributed by atoms with E-state index in [1.807, 2.05) is 11.8 Å². The third-order valence-electron chi connectivity index (χ3n) is 11.6. The number of unbranched alkanes of at least 4 members (excludes halogenated alkanes) is 2. The third-order valence-corrected chi connectivity index (χ3v) is 13.1. The Hall–Kier alpha value is -6.43. The van der Waals surface area contributed by atoms with Gasteiger partial charge in [0.1, 0.15) is 18.1 Å². The smallest absolute Gasteiger partial charge is 0.315 e. The van der Waals surface area contributed by atoms with E-state index in [1.54, 1.807) is 44.3 Å². The van der Waals surface area contributed by atoms with Gasteiger partial charge in [-0.3, -0.25) is 48.4 Å². The summed E-state index contributed by atoms with van der Waals surface area (Å²) in [5.74, 6) is -7.18. The van der Waals surface area contributed by atoms with Crippen LogP contribution in [0.2, 0.25) is 0 Å². The minimum Gasteiger partial charge on any atom is -0.481 e. The molecule has 4 rings (SSSR count). The molecule has 1 aromatic carbocycles. The van der Waals surface area contributed by atoms with Crippen LogP contribution in [-0.4, -0.2) is 135 Å². The summed E-state index contributed by atoms with van der Waals surface area (Å²) in [6.45, 7) is 2.75. The number of aliphatic carboxylic acids is 1. The molecule has 1 unspecified atom stereocenters. The van der Waals surface area contributed by atoms with Gasteiger partial charge in [-0.2, -0.15) is 11.8 Å². The van der Waals surface area contributed by atoms with Crippen LogP contribution in [0.15, 0.2) is 30.5 Å². The van der Waals surface area contributed by atoms with Crippen molar-refractivity contribution in [3.63, 3.8) is 0 Å². The number of carbonyl (C=O) groups is 10. The maximum atomic E-state index is 13.8. The Morgan fingerprint density at radius 1 is 0.779 bits per heavy atom. The molecule has 0 spiro atoms. The lowest BCUT2D eigenvalue weighted by Gasteiger charge is -2.25. The highest BCUT2D eigenvalue weighted by atomic mass is 32.2. The van der Waals surface area contributed by atoms with Crippen molar-refractivity contribution in [1.29, 1.82) is 0 Å². The number of fused-ring (bicyclic) bond motifs is 2. The van der Waals surface area contributed by atoms with Gasteiger partial charge in [-0.15, -0.1) is 0 Å². The largest absolute Gasteiger partial charge is 0.481 e. The maximum absolute atomic E-state index is 13.8. The molecular weight excluding hydrogens is 907 g/mol. The van der Waals surface area contributed by atoms with Gasteiger partial charge in [0.15, 0.2) is 0 Å². The van der Waals surface area contributed by atoms with Crippen LogP contribution in [0, 0.1) is 11.8 Å². The number of hydrogen-bond acceptors (Lipinski definition) is 12. The lowest BCUT2D eigenvalue weighted by atomic mass is 9.92. The molecule has 68 heavy (non-hydrogen) atoms. The van der Waals surface area contributed by atoms with E-state index in [0.29, 0.717) is 43.0 Å². The number of hydrogen-bond donors (Lipinski definition) is 13. The molecule has 0 saturated carbocycles. The number of primary amides is 1. The number of thioether (sulfide) groups is 1. The highest BCUT2D eigenvalue weighted by Gasteiger charge is 2.42. The van der Waals surface area contributed by atoms with Gasteiger partial charge in [0, 0.05) is 66.2 Å². The van der Waals surface area contributed by atoms with Gasteiger partial charge in [-0.25, -0.2) is 10.3 Å². The molecular formula is C44H65N11O12S. The molecule has 2 saturated heterocycles. The SMILES string of the molecule is CC(C)CC(CC(=O)NO)C(=O)N[C@@H](CCC(=O)O)C(=O)N[C@@H](Cc1c[nH]c2ccccc12)C(=O)NCC(=O)NCC(=O)N[C@@H](CCCCNC(=O)CCCC[C@@H]1SC[C@@H]2NC(=O)N[C@@H]21)C(N)=O. The van der Waals surface area contributed by atoms with Crippen molar-refractivity contribution < 1.29 is 58.3 Å². The second-order valence-electron chi connectivity index (χ2n) is 17.4. The Labute approximate surface area is 397 Å². The zero-order chi connectivity index (χ0) is 49.8. The topological polar surface area (TPSA) is 361 Å². The number of H-pyrrole nitrogens is 1. The number of amides is 10. The highest BCUT2D eigenvalue weighted by molar-refractivity contribution is 8.00. The molecule has 1 aromatic heterocycles. The Bertz CT molecular complexity index is 2120. The summed E-state index contributed by atoms with van der Waals surface area (Å²) < 4.78 is 0. The predicted octanol–water partition coefficient (Wildman–Crippen LogP) is -0.683. The number of aromatic amines is 1. The number of aromatic nitrogens is 1. The Balaban J connectivity index is 1.24. The third kappa shape index (κ3) is 18.0.